The van der Waals surface area contributed by atoms with E-state index in [1.54, 1.807) is 0 Å². The number of rotatable bonds is 5. The summed E-state index contributed by atoms with van der Waals surface area (Å²) >= 11 is 1.53. The van der Waals surface area contributed by atoms with Crippen molar-refractivity contribution in [3.8, 4) is 0 Å². The van der Waals surface area contributed by atoms with Gasteiger partial charge < -0.3 is 19.9 Å². The van der Waals surface area contributed by atoms with Crippen LogP contribution in [0.25, 0.3) is 0 Å². The van der Waals surface area contributed by atoms with Gasteiger partial charge in [0.25, 0.3) is 0 Å². The van der Waals surface area contributed by atoms with Crippen LogP contribution < -0.4 is 10.6 Å². The highest BCUT2D eigenvalue weighted by molar-refractivity contribution is 7.08. The van der Waals surface area contributed by atoms with Crippen LogP contribution in [0.2, 0.25) is 0 Å². The zero-order chi connectivity index (χ0) is 16.9. The van der Waals surface area contributed by atoms with Crippen molar-refractivity contribution in [1.82, 2.24) is 15.5 Å². The second-order valence-corrected chi connectivity index (χ2v) is 6.96. The fraction of sp³-hybridized carbons (Fsp3) is 0.562. The quantitative estimate of drug-likeness (QED) is 0.861. The van der Waals surface area contributed by atoms with E-state index in [4.69, 9.17) is 9.26 Å². The van der Waals surface area contributed by atoms with Crippen LogP contribution in [0, 0.1) is 5.92 Å². The third-order valence-electron chi connectivity index (χ3n) is 4.04. The van der Waals surface area contributed by atoms with Gasteiger partial charge in [-0.15, -0.1) is 0 Å². The van der Waals surface area contributed by atoms with Crippen LogP contribution in [0.4, 0.5) is 10.5 Å². The first-order valence-electron chi connectivity index (χ1n) is 8.14. The van der Waals surface area contributed by atoms with E-state index in [2.05, 4.69) is 20.8 Å². The van der Waals surface area contributed by atoms with Crippen molar-refractivity contribution in [1.29, 1.82) is 0 Å². The largest absolute Gasteiger partial charge is 0.381 e. The molecule has 2 aromatic heterocycles. The van der Waals surface area contributed by atoms with E-state index < -0.39 is 0 Å². The lowest BCUT2D eigenvalue weighted by atomic mass is 9.91. The molecule has 8 heteroatoms. The molecule has 1 atom stereocenters. The third-order valence-corrected chi connectivity index (χ3v) is 4.73. The van der Waals surface area contributed by atoms with Gasteiger partial charge in [0.1, 0.15) is 6.04 Å². The Bertz CT molecular complexity index is 650. The zero-order valence-corrected chi connectivity index (χ0v) is 14.6. The first-order chi connectivity index (χ1) is 11.6. The Morgan fingerprint density at radius 2 is 2.17 bits per heavy atom. The highest BCUT2D eigenvalue weighted by Crippen LogP contribution is 2.30. The summed E-state index contributed by atoms with van der Waals surface area (Å²) in [5.74, 6) is 1.51. The van der Waals surface area contributed by atoms with E-state index in [9.17, 15) is 4.79 Å². The number of hydrogen-bond donors (Lipinski definition) is 2. The predicted molar refractivity (Wildman–Crippen MR) is 91.1 cm³/mol. The van der Waals surface area contributed by atoms with Gasteiger partial charge in [-0.25, -0.2) is 4.79 Å². The predicted octanol–water partition coefficient (Wildman–Crippen LogP) is 3.54. The van der Waals surface area contributed by atoms with Crippen LogP contribution in [0.3, 0.4) is 0 Å². The molecule has 3 heterocycles. The Morgan fingerprint density at radius 3 is 2.79 bits per heavy atom. The van der Waals surface area contributed by atoms with Gasteiger partial charge in [0, 0.05) is 24.5 Å². The average molecular weight is 350 g/mol. The maximum Gasteiger partial charge on any atom is 0.319 e. The summed E-state index contributed by atoms with van der Waals surface area (Å²) in [6.45, 7) is 5.38. The number of hydrogen-bond acceptors (Lipinski definition) is 6. The topological polar surface area (TPSA) is 89.3 Å². The maximum absolute atomic E-state index is 12.3. The first-order valence-corrected chi connectivity index (χ1v) is 9.08. The summed E-state index contributed by atoms with van der Waals surface area (Å²) in [5, 5.41) is 13.7. The van der Waals surface area contributed by atoms with Crippen LogP contribution in [-0.2, 0) is 4.74 Å². The highest BCUT2D eigenvalue weighted by Gasteiger charge is 2.31. The minimum Gasteiger partial charge on any atom is -0.381 e. The van der Waals surface area contributed by atoms with E-state index in [0.29, 0.717) is 24.9 Å². The molecule has 1 aliphatic heterocycles. The monoisotopic (exact) mass is 350 g/mol. The molecule has 0 radical (unpaired) electrons. The van der Waals surface area contributed by atoms with Crippen LogP contribution in [-0.4, -0.2) is 29.4 Å². The lowest BCUT2D eigenvalue weighted by molar-refractivity contribution is 0.0506. The van der Waals surface area contributed by atoms with Crippen molar-refractivity contribution in [2.75, 3.05) is 18.5 Å². The minimum absolute atomic E-state index is 0.178. The summed E-state index contributed by atoms with van der Waals surface area (Å²) in [5.41, 5.74) is 0.775. The van der Waals surface area contributed by atoms with Gasteiger partial charge in [0.15, 0.2) is 5.82 Å². The number of anilines is 1. The summed E-state index contributed by atoms with van der Waals surface area (Å²) < 4.78 is 10.9. The molecule has 1 saturated heterocycles. The van der Waals surface area contributed by atoms with Crippen molar-refractivity contribution in [2.45, 2.75) is 38.6 Å². The summed E-state index contributed by atoms with van der Waals surface area (Å²) in [7, 11) is 0. The number of nitrogens with zero attached hydrogens (tertiary/aromatic N) is 2. The zero-order valence-electron chi connectivity index (χ0n) is 13.8. The Balaban J connectivity index is 1.74. The normalized spacial score (nSPS) is 17.0. The molecular formula is C16H22N4O3S. The number of aromatic nitrogens is 2. The van der Waals surface area contributed by atoms with Gasteiger partial charge in [-0.3, -0.25) is 0 Å². The summed E-state index contributed by atoms with van der Waals surface area (Å²) in [6, 6.07) is 1.28. The molecule has 0 aliphatic carbocycles. The highest BCUT2D eigenvalue weighted by atomic mass is 32.1. The third kappa shape index (κ3) is 4.12. The fourth-order valence-electron chi connectivity index (χ4n) is 2.68. The van der Waals surface area contributed by atoms with E-state index in [1.807, 2.05) is 30.7 Å². The summed E-state index contributed by atoms with van der Waals surface area (Å²) in [4.78, 5) is 16.8. The van der Waals surface area contributed by atoms with E-state index in [1.165, 1.54) is 11.3 Å². The van der Waals surface area contributed by atoms with Crippen LogP contribution in [0.1, 0.15) is 50.4 Å². The fourth-order valence-corrected chi connectivity index (χ4v) is 3.27. The Labute approximate surface area is 144 Å². The molecule has 130 valence electrons. The first kappa shape index (κ1) is 16.9. The molecule has 0 aromatic carbocycles. The standard InChI is InChI=1S/C16H22N4O3S/c1-10(2)14-19-15(23-20-14)13(11-3-6-22-7-4-11)18-16(21)17-12-5-8-24-9-12/h5,8-11,13H,3-4,6-7H2,1-2H3,(H2,17,18,21). The molecule has 0 saturated carbocycles. The van der Waals surface area contributed by atoms with Crippen LogP contribution in [0.5, 0.6) is 0 Å². The lowest BCUT2D eigenvalue weighted by Crippen LogP contribution is -2.38. The molecular weight excluding hydrogens is 328 g/mol. The second-order valence-electron chi connectivity index (χ2n) is 6.18. The SMILES string of the molecule is CC(C)c1noc(C(NC(=O)Nc2ccsc2)C2CCOCC2)n1. The van der Waals surface area contributed by atoms with Crippen molar-refractivity contribution in [3.05, 3.63) is 28.5 Å². The van der Waals surface area contributed by atoms with Crippen LogP contribution >= 0.6 is 11.3 Å². The van der Waals surface area contributed by atoms with Crippen molar-refractivity contribution in [2.24, 2.45) is 5.92 Å². The van der Waals surface area contributed by atoms with Gasteiger partial charge >= 0.3 is 6.03 Å². The summed E-state index contributed by atoms with van der Waals surface area (Å²) in [6.07, 6.45) is 1.70. The van der Waals surface area contributed by atoms with Crippen molar-refractivity contribution < 1.29 is 14.1 Å². The molecule has 2 aromatic rings. The molecule has 7 nitrogen and oxygen atoms in total. The molecule has 0 bridgehead atoms. The molecule has 2 N–H and O–H groups in total. The molecule has 0 spiro atoms. The number of ether oxygens (including phenoxy) is 1. The van der Waals surface area contributed by atoms with Gasteiger partial charge in [-0.2, -0.15) is 16.3 Å². The van der Waals surface area contributed by atoms with Crippen molar-refractivity contribution >= 4 is 23.1 Å². The van der Waals surface area contributed by atoms with Crippen molar-refractivity contribution in [3.63, 3.8) is 0 Å². The number of thiophene rings is 1. The molecule has 1 unspecified atom stereocenters. The van der Waals surface area contributed by atoms with E-state index in [-0.39, 0.29) is 23.9 Å². The lowest BCUT2D eigenvalue weighted by Gasteiger charge is -2.28. The van der Waals surface area contributed by atoms with Gasteiger partial charge in [0.2, 0.25) is 5.89 Å². The Hall–Kier alpha value is -1.93. The molecule has 1 fully saturated rings. The average Bonchev–Trinajstić information content (AvgIpc) is 3.25. The number of carbonyl (C=O) groups is 1. The molecule has 1 aliphatic rings. The number of amides is 2. The van der Waals surface area contributed by atoms with Gasteiger partial charge in [0.05, 0.1) is 5.69 Å². The Kier molecular flexibility index (Phi) is 5.47. The molecule has 3 rings (SSSR count). The maximum atomic E-state index is 12.3. The van der Waals surface area contributed by atoms with Gasteiger partial charge in [-0.05, 0) is 30.2 Å². The second kappa shape index (κ2) is 7.76. The molecule has 24 heavy (non-hydrogen) atoms. The smallest absolute Gasteiger partial charge is 0.319 e. The van der Waals surface area contributed by atoms with Crippen LogP contribution in [0.15, 0.2) is 21.3 Å². The van der Waals surface area contributed by atoms with E-state index in [0.717, 1.165) is 18.5 Å². The van der Waals surface area contributed by atoms with E-state index >= 15 is 0 Å². The number of nitrogens with one attached hydrogen (secondary N) is 2. The minimum atomic E-state index is -0.312. The van der Waals surface area contributed by atoms with Gasteiger partial charge in [-0.1, -0.05) is 19.0 Å². The number of urea groups is 1. The Morgan fingerprint density at radius 1 is 1.38 bits per heavy atom. The number of carbonyl (C=O) groups excluding carboxylic acids is 1. The molecule has 2 amide bonds.